The number of carbonyl (C=O) groups is 2. The summed E-state index contributed by atoms with van der Waals surface area (Å²) in [5.74, 6) is -0.464. The highest BCUT2D eigenvalue weighted by Gasteiger charge is 2.26. The lowest BCUT2D eigenvalue weighted by atomic mass is 10.0. The van der Waals surface area contributed by atoms with Crippen molar-refractivity contribution in [3.63, 3.8) is 0 Å². The minimum atomic E-state index is -0.765. The van der Waals surface area contributed by atoms with Gasteiger partial charge in [0.15, 0.2) is 11.6 Å². The number of aryl methyl sites for hydroxylation is 2. The topological polar surface area (TPSA) is 168 Å². The lowest BCUT2D eigenvalue weighted by Gasteiger charge is -2.12. The average molecular weight is 453 g/mol. The van der Waals surface area contributed by atoms with Crippen molar-refractivity contribution in [3.8, 4) is 28.4 Å². The highest BCUT2D eigenvalue weighted by atomic mass is 16.6. The average Bonchev–Trinajstić information content (AvgIpc) is 3.19. The molecule has 3 N–H and O–H groups in total. The van der Waals surface area contributed by atoms with Gasteiger partial charge in [0.05, 0.1) is 22.8 Å². The van der Waals surface area contributed by atoms with Crippen molar-refractivity contribution in [1.82, 2.24) is 25.1 Å². The summed E-state index contributed by atoms with van der Waals surface area (Å²) in [7, 11) is 0. The Morgan fingerprint density at radius 2 is 2.03 bits per heavy atom. The summed E-state index contributed by atoms with van der Waals surface area (Å²) in [5, 5.41) is 18.7. The van der Waals surface area contributed by atoms with Crippen LogP contribution in [0.25, 0.3) is 22.6 Å². The van der Waals surface area contributed by atoms with Crippen LogP contribution in [0.1, 0.15) is 29.4 Å². The van der Waals surface area contributed by atoms with Crippen LogP contribution in [0.5, 0.6) is 5.75 Å². The number of benzene rings is 1. The van der Waals surface area contributed by atoms with Gasteiger partial charge in [-0.1, -0.05) is 0 Å². The molecule has 2 aromatic heterocycles. The van der Waals surface area contributed by atoms with E-state index in [1.165, 1.54) is 24.5 Å². The van der Waals surface area contributed by atoms with E-state index < -0.39 is 10.8 Å². The number of rotatable bonds is 11. The van der Waals surface area contributed by atoms with Crippen LogP contribution >= 0.6 is 0 Å². The quantitative estimate of drug-likeness (QED) is 0.192. The zero-order chi connectivity index (χ0) is 24.0. The zero-order valence-corrected chi connectivity index (χ0v) is 18.1. The molecule has 33 heavy (non-hydrogen) atoms. The van der Waals surface area contributed by atoms with Gasteiger partial charge in [0, 0.05) is 42.7 Å². The van der Waals surface area contributed by atoms with Gasteiger partial charge in [0.25, 0.3) is 0 Å². The van der Waals surface area contributed by atoms with Crippen molar-refractivity contribution in [2.45, 2.75) is 26.8 Å². The minimum Gasteiger partial charge on any atom is -0.487 e. The Morgan fingerprint density at radius 3 is 2.64 bits per heavy atom. The fourth-order valence-corrected chi connectivity index (χ4v) is 3.25. The molecule has 0 aliphatic rings. The molecule has 2 heterocycles. The van der Waals surface area contributed by atoms with E-state index in [9.17, 15) is 19.7 Å². The van der Waals surface area contributed by atoms with Gasteiger partial charge >= 0.3 is 5.69 Å². The molecular formula is C21H23N7O5. The molecule has 0 aliphatic heterocycles. The molecule has 3 rings (SSSR count). The van der Waals surface area contributed by atoms with E-state index in [0.29, 0.717) is 37.3 Å². The molecule has 0 saturated carbocycles. The normalized spacial score (nSPS) is 10.6. The monoisotopic (exact) mass is 453 g/mol. The van der Waals surface area contributed by atoms with Crippen molar-refractivity contribution >= 4 is 18.0 Å². The molecule has 0 bridgehead atoms. The fourth-order valence-electron chi connectivity index (χ4n) is 3.25. The van der Waals surface area contributed by atoms with Gasteiger partial charge in [0.2, 0.25) is 12.3 Å². The third-order valence-electron chi connectivity index (χ3n) is 4.74. The Hall–Kier alpha value is -4.35. The van der Waals surface area contributed by atoms with Gasteiger partial charge < -0.3 is 15.8 Å². The zero-order valence-electron chi connectivity index (χ0n) is 18.1. The number of nitrogens with two attached hydrogens (primary N) is 1. The first-order valence-electron chi connectivity index (χ1n) is 10.1. The SMILES string of the molecule is CCn1nc(C)cc1-c1ncc(-c2cc(C(N)=O)cc(OCCCNC=O)c2[N+](=O)[O-])cn1. The fraction of sp³-hybridized carbons (Fsp3) is 0.286. The van der Waals surface area contributed by atoms with Crippen molar-refractivity contribution in [2.75, 3.05) is 13.2 Å². The van der Waals surface area contributed by atoms with E-state index in [-0.39, 0.29) is 29.2 Å². The van der Waals surface area contributed by atoms with Crippen LogP contribution in [0.3, 0.4) is 0 Å². The lowest BCUT2D eigenvalue weighted by Crippen LogP contribution is -2.16. The van der Waals surface area contributed by atoms with Crippen molar-refractivity contribution < 1.29 is 19.2 Å². The summed E-state index contributed by atoms with van der Waals surface area (Å²) in [6.45, 7) is 4.85. The molecule has 12 heteroatoms. The number of nitrogens with one attached hydrogen (secondary N) is 1. The first kappa shape index (κ1) is 23.3. The number of nitro benzene ring substituents is 1. The van der Waals surface area contributed by atoms with Crippen LogP contribution < -0.4 is 15.8 Å². The van der Waals surface area contributed by atoms with Crippen LogP contribution in [0.4, 0.5) is 5.69 Å². The van der Waals surface area contributed by atoms with E-state index in [0.717, 1.165) is 11.4 Å². The van der Waals surface area contributed by atoms with Gasteiger partial charge in [0.1, 0.15) is 5.69 Å². The maximum atomic E-state index is 11.9. The second kappa shape index (κ2) is 10.3. The summed E-state index contributed by atoms with van der Waals surface area (Å²) in [6.07, 6.45) is 3.84. The van der Waals surface area contributed by atoms with Crippen molar-refractivity contribution in [2.24, 2.45) is 5.73 Å². The number of nitro groups is 1. The first-order valence-corrected chi connectivity index (χ1v) is 10.1. The van der Waals surface area contributed by atoms with Crippen LogP contribution in [0.15, 0.2) is 30.6 Å². The number of hydrogen-bond donors (Lipinski definition) is 2. The second-order valence-electron chi connectivity index (χ2n) is 7.05. The number of primary amides is 1. The molecule has 12 nitrogen and oxygen atoms in total. The van der Waals surface area contributed by atoms with Crippen molar-refractivity contribution in [1.29, 1.82) is 0 Å². The molecule has 0 radical (unpaired) electrons. The Balaban J connectivity index is 2.02. The number of carbonyl (C=O) groups excluding carboxylic acids is 2. The molecule has 2 amide bonds. The highest BCUT2D eigenvalue weighted by molar-refractivity contribution is 5.96. The van der Waals surface area contributed by atoms with E-state index in [1.54, 1.807) is 4.68 Å². The van der Waals surface area contributed by atoms with Crippen LogP contribution in [0.2, 0.25) is 0 Å². The Kier molecular flexibility index (Phi) is 7.28. The maximum absolute atomic E-state index is 11.9. The summed E-state index contributed by atoms with van der Waals surface area (Å²) < 4.78 is 7.32. The molecular weight excluding hydrogens is 430 g/mol. The van der Waals surface area contributed by atoms with Gasteiger partial charge in [-0.2, -0.15) is 5.10 Å². The third-order valence-corrected chi connectivity index (χ3v) is 4.74. The maximum Gasteiger partial charge on any atom is 0.318 e. The molecule has 0 atom stereocenters. The standard InChI is InChI=1S/C21H23N7O5/c1-3-27-17(7-13(2)26-27)21-24-10-15(11-25-21)16-8-14(20(22)30)9-18(19(16)28(31)32)33-6-4-5-23-12-29/h7-12H,3-6H2,1-2H3,(H2,22,30)(H,23,29). The Bertz CT molecular complexity index is 1170. The molecule has 0 unspecified atom stereocenters. The van der Waals surface area contributed by atoms with Crippen molar-refractivity contribution in [3.05, 3.63) is 52.0 Å². The van der Waals surface area contributed by atoms with E-state index in [4.69, 9.17) is 10.5 Å². The van der Waals surface area contributed by atoms with E-state index in [2.05, 4.69) is 20.4 Å². The van der Waals surface area contributed by atoms with Gasteiger partial charge in [-0.3, -0.25) is 24.4 Å². The predicted molar refractivity (Wildman–Crippen MR) is 118 cm³/mol. The Labute approximate surface area is 188 Å². The summed E-state index contributed by atoms with van der Waals surface area (Å²) >= 11 is 0. The van der Waals surface area contributed by atoms with Gasteiger partial charge in [-0.15, -0.1) is 0 Å². The molecule has 0 fully saturated rings. The number of ether oxygens (including phenoxy) is 1. The minimum absolute atomic E-state index is 0.0420. The predicted octanol–water partition coefficient (Wildman–Crippen LogP) is 1.86. The summed E-state index contributed by atoms with van der Waals surface area (Å²) in [5.41, 5.74) is 7.09. The summed E-state index contributed by atoms with van der Waals surface area (Å²) in [4.78, 5) is 42.2. The third kappa shape index (κ3) is 5.29. The van der Waals surface area contributed by atoms with Gasteiger partial charge in [-0.25, -0.2) is 9.97 Å². The number of nitrogens with zero attached hydrogens (tertiary/aromatic N) is 5. The number of amides is 2. The molecule has 0 aliphatic carbocycles. The second-order valence-corrected chi connectivity index (χ2v) is 7.05. The number of hydrogen-bond acceptors (Lipinski definition) is 8. The molecule has 0 spiro atoms. The largest absolute Gasteiger partial charge is 0.487 e. The first-order chi connectivity index (χ1) is 15.8. The molecule has 172 valence electrons. The van der Waals surface area contributed by atoms with Gasteiger partial charge in [-0.05, 0) is 32.4 Å². The van der Waals surface area contributed by atoms with Crippen LogP contribution in [-0.4, -0.2) is 50.1 Å². The molecule has 1 aromatic carbocycles. The van der Waals surface area contributed by atoms with Crippen LogP contribution in [0, 0.1) is 17.0 Å². The van der Waals surface area contributed by atoms with E-state index >= 15 is 0 Å². The lowest BCUT2D eigenvalue weighted by molar-refractivity contribution is -0.385. The molecule has 0 saturated heterocycles. The van der Waals surface area contributed by atoms with E-state index in [1.807, 2.05) is 19.9 Å². The Morgan fingerprint density at radius 1 is 1.30 bits per heavy atom. The summed E-state index contributed by atoms with van der Waals surface area (Å²) in [6, 6.07) is 4.40. The number of aromatic nitrogens is 4. The van der Waals surface area contributed by atoms with Crippen LogP contribution in [-0.2, 0) is 11.3 Å². The smallest absolute Gasteiger partial charge is 0.318 e. The molecule has 3 aromatic rings. The highest BCUT2D eigenvalue weighted by Crippen LogP contribution is 2.39.